The number of benzene rings is 2. The Morgan fingerprint density at radius 3 is 2.42 bits per heavy atom. The van der Waals surface area contributed by atoms with Crippen molar-refractivity contribution >= 4 is 49.0 Å². The first-order chi connectivity index (χ1) is 21.4. The van der Waals surface area contributed by atoms with Crippen LogP contribution in [0, 0.1) is 5.92 Å². The van der Waals surface area contributed by atoms with E-state index in [2.05, 4.69) is 43.2 Å². The van der Waals surface area contributed by atoms with E-state index in [-0.39, 0.29) is 48.0 Å². The fourth-order valence-electron chi connectivity index (χ4n) is 5.42. The molecule has 0 unspecified atom stereocenters. The van der Waals surface area contributed by atoms with E-state index in [0.29, 0.717) is 50.4 Å². The fraction of sp³-hybridized carbons (Fsp3) is 0.471. The number of sulfone groups is 1. The molecular weight excluding hydrogens is 609 g/mol. The number of carbonyl (C=O) groups is 3. The summed E-state index contributed by atoms with van der Waals surface area (Å²) in [5.74, 6) is -0.639. The van der Waals surface area contributed by atoms with Crippen LogP contribution in [0.5, 0.6) is 0 Å². The minimum absolute atomic E-state index is 0.0227. The largest absolute Gasteiger partial charge is 0.359 e. The Labute approximate surface area is 270 Å². The predicted molar refractivity (Wildman–Crippen MR) is 180 cm³/mol. The van der Waals surface area contributed by atoms with Gasteiger partial charge in [0.05, 0.1) is 32.6 Å². The maximum atomic E-state index is 13.8. The maximum Gasteiger partial charge on any atom is 0.224 e. The molecule has 0 aliphatic carbocycles. The Kier molecular flexibility index (Phi) is 12.0. The van der Waals surface area contributed by atoms with E-state index in [9.17, 15) is 22.8 Å². The molecule has 0 bridgehead atoms. The molecule has 1 saturated heterocycles. The molecule has 4 rings (SSSR count). The van der Waals surface area contributed by atoms with Gasteiger partial charge >= 0.3 is 0 Å². The van der Waals surface area contributed by atoms with Gasteiger partial charge in [-0.15, -0.1) is 11.3 Å². The van der Waals surface area contributed by atoms with E-state index in [1.807, 2.05) is 41.3 Å². The van der Waals surface area contributed by atoms with Gasteiger partial charge in [0.2, 0.25) is 11.8 Å². The van der Waals surface area contributed by atoms with Crippen LogP contribution in [0.25, 0.3) is 10.2 Å². The van der Waals surface area contributed by atoms with Crippen LogP contribution >= 0.6 is 11.3 Å². The number of rotatable bonds is 15. The van der Waals surface area contributed by atoms with Crippen LogP contribution < -0.4 is 10.6 Å². The molecule has 1 fully saturated rings. The molecule has 2 amide bonds. The lowest BCUT2D eigenvalue weighted by atomic mass is 9.95. The van der Waals surface area contributed by atoms with Gasteiger partial charge in [0.25, 0.3) is 0 Å². The Morgan fingerprint density at radius 1 is 1.04 bits per heavy atom. The highest BCUT2D eigenvalue weighted by molar-refractivity contribution is 7.91. The summed E-state index contributed by atoms with van der Waals surface area (Å²) in [4.78, 5) is 46.0. The zero-order chi connectivity index (χ0) is 32.6. The summed E-state index contributed by atoms with van der Waals surface area (Å²) >= 11 is 1.55. The van der Waals surface area contributed by atoms with Crippen LogP contribution in [-0.2, 0) is 37.1 Å². The molecule has 0 radical (unpaired) electrons. The Bertz CT molecular complexity index is 1600. The maximum absolute atomic E-state index is 13.8. The number of nitrogens with zero attached hydrogens (tertiary/aromatic N) is 2. The Balaban J connectivity index is 1.44. The molecule has 1 aliphatic heterocycles. The molecule has 242 valence electrons. The summed E-state index contributed by atoms with van der Waals surface area (Å²) in [6.45, 7) is 9.38. The van der Waals surface area contributed by atoms with E-state index in [0.717, 1.165) is 20.8 Å². The second-order valence-electron chi connectivity index (χ2n) is 12.2. The molecule has 1 aliphatic rings. The molecule has 11 heteroatoms. The molecular formula is C34H44N4O5S2. The lowest BCUT2D eigenvalue weighted by Crippen LogP contribution is -2.43. The zero-order valence-electron chi connectivity index (χ0n) is 26.4. The number of hydrogen-bond donors (Lipinski definition) is 2. The summed E-state index contributed by atoms with van der Waals surface area (Å²) in [5, 5.41) is 6.59. The third-order valence-electron chi connectivity index (χ3n) is 8.26. The third kappa shape index (κ3) is 10.3. The Morgan fingerprint density at radius 2 is 1.76 bits per heavy atom. The van der Waals surface area contributed by atoms with Crippen molar-refractivity contribution in [2.24, 2.45) is 5.92 Å². The molecule has 0 saturated carbocycles. The number of ketones is 1. The first-order valence-corrected chi connectivity index (χ1v) is 18.1. The van der Waals surface area contributed by atoms with Gasteiger partial charge in [0.1, 0.15) is 0 Å². The van der Waals surface area contributed by atoms with Crippen LogP contribution in [0.4, 0.5) is 0 Å². The summed E-state index contributed by atoms with van der Waals surface area (Å²) in [5.41, 5.74) is 3.57. The van der Waals surface area contributed by atoms with E-state index < -0.39 is 15.8 Å². The van der Waals surface area contributed by atoms with Gasteiger partial charge in [-0.25, -0.2) is 13.4 Å². The average Bonchev–Trinajstić information content (AvgIpc) is 3.42. The third-order valence-corrected chi connectivity index (χ3v) is 10.9. The minimum atomic E-state index is -3.01. The molecule has 1 aromatic heterocycles. The molecule has 45 heavy (non-hydrogen) atoms. The van der Waals surface area contributed by atoms with E-state index in [1.165, 1.54) is 5.56 Å². The minimum Gasteiger partial charge on any atom is -0.359 e. The summed E-state index contributed by atoms with van der Waals surface area (Å²) < 4.78 is 24.6. The van der Waals surface area contributed by atoms with Gasteiger partial charge in [-0.05, 0) is 42.0 Å². The molecule has 2 aromatic carbocycles. The topological polar surface area (TPSA) is 126 Å². The number of aromatic nitrogens is 1. The second kappa shape index (κ2) is 15.7. The highest BCUT2D eigenvalue weighted by Gasteiger charge is 2.27. The highest BCUT2D eigenvalue weighted by Crippen LogP contribution is 2.28. The van der Waals surface area contributed by atoms with Gasteiger partial charge in [-0.3, -0.25) is 19.3 Å². The molecule has 3 aromatic rings. The van der Waals surface area contributed by atoms with Gasteiger partial charge in [0.15, 0.2) is 15.6 Å². The average molecular weight is 653 g/mol. The van der Waals surface area contributed by atoms with Crippen LogP contribution in [0.15, 0.2) is 60.7 Å². The zero-order valence-corrected chi connectivity index (χ0v) is 28.0. The number of carbonyl (C=O) groups excluding carboxylic acids is 3. The van der Waals surface area contributed by atoms with Crippen molar-refractivity contribution in [3.63, 3.8) is 0 Å². The van der Waals surface area contributed by atoms with E-state index in [1.54, 1.807) is 18.4 Å². The summed E-state index contributed by atoms with van der Waals surface area (Å²) in [7, 11) is -1.45. The number of fused-ring (bicyclic) bond motifs is 1. The first kappa shape index (κ1) is 34.5. The smallest absolute Gasteiger partial charge is 0.224 e. The van der Waals surface area contributed by atoms with Crippen molar-refractivity contribution in [3.8, 4) is 0 Å². The number of Topliss-reactive ketones (excluding diaryl/α,β-unsaturated/α-hetero) is 1. The van der Waals surface area contributed by atoms with E-state index in [4.69, 9.17) is 4.98 Å². The fourth-order valence-corrected chi connectivity index (χ4v) is 7.79. The van der Waals surface area contributed by atoms with Gasteiger partial charge in [0, 0.05) is 57.6 Å². The van der Waals surface area contributed by atoms with Crippen molar-refractivity contribution in [2.45, 2.75) is 57.9 Å². The lowest BCUT2D eigenvalue weighted by Gasteiger charge is -2.27. The van der Waals surface area contributed by atoms with Crippen LogP contribution in [0.2, 0.25) is 0 Å². The van der Waals surface area contributed by atoms with Crippen molar-refractivity contribution < 1.29 is 22.8 Å². The second-order valence-corrected chi connectivity index (χ2v) is 15.6. The molecule has 9 nitrogen and oxygen atoms in total. The normalized spacial score (nSPS) is 16.3. The molecule has 2 atom stereocenters. The number of nitrogens with one attached hydrogen (secondary N) is 2. The highest BCUT2D eigenvalue weighted by atomic mass is 32.2. The number of hydrogen-bond acceptors (Lipinski definition) is 8. The summed E-state index contributed by atoms with van der Waals surface area (Å²) in [6, 6.07) is 15.7. The van der Waals surface area contributed by atoms with Gasteiger partial charge in [-0.1, -0.05) is 56.8 Å². The number of thiazole rings is 1. The predicted octanol–water partition coefficient (Wildman–Crippen LogP) is 4.08. The standard InChI is InChI=1S/C34H44N4O5S2/c1-23(2)26-10-12-29-31(19-26)44-33(37-29)21-27(20-32(40)35-4)34(41)36-28(18-25-8-6-5-7-9-25)11-13-30(39)24(3)22-38-14-16-45(42,43)17-15-38/h5-10,12,19,23,27-28H,3,11,13-18,20-22H2,1-2,4H3,(H,35,40)(H,36,41)/t27-,28+/m0/s1. The van der Waals surface area contributed by atoms with Crippen LogP contribution in [0.1, 0.15) is 55.2 Å². The SMILES string of the molecule is C=C(CN1CCS(=O)(=O)CC1)C(=O)CC[C@H](Cc1ccccc1)NC(=O)[C@@H](CC(=O)NC)Cc1nc2ccc(C(C)C)cc2s1. The van der Waals surface area contributed by atoms with Crippen LogP contribution in [0.3, 0.4) is 0 Å². The first-order valence-electron chi connectivity index (χ1n) is 15.5. The van der Waals surface area contributed by atoms with Crippen LogP contribution in [-0.4, -0.2) is 80.1 Å². The Hall–Kier alpha value is -3.41. The van der Waals surface area contributed by atoms with Crippen molar-refractivity contribution in [1.82, 2.24) is 20.5 Å². The van der Waals surface area contributed by atoms with Crippen molar-refractivity contribution in [3.05, 3.63) is 76.8 Å². The summed E-state index contributed by atoms with van der Waals surface area (Å²) in [6.07, 6.45) is 1.48. The lowest BCUT2D eigenvalue weighted by molar-refractivity contribution is -0.130. The number of amides is 2. The van der Waals surface area contributed by atoms with Gasteiger partial charge < -0.3 is 10.6 Å². The molecule has 2 heterocycles. The quantitative estimate of drug-likeness (QED) is 0.237. The van der Waals surface area contributed by atoms with E-state index >= 15 is 0 Å². The monoisotopic (exact) mass is 652 g/mol. The molecule has 2 N–H and O–H groups in total. The van der Waals surface area contributed by atoms with Gasteiger partial charge in [-0.2, -0.15) is 0 Å². The van der Waals surface area contributed by atoms with Crippen molar-refractivity contribution in [1.29, 1.82) is 0 Å². The molecule has 0 spiro atoms. The van der Waals surface area contributed by atoms with Crippen molar-refractivity contribution in [2.75, 3.05) is 38.2 Å².